The molecule has 1 aromatic carbocycles. The fourth-order valence-corrected chi connectivity index (χ4v) is 2.85. The fourth-order valence-electron chi connectivity index (χ4n) is 2.85. The number of hydrogen-bond donors (Lipinski definition) is 2. The summed E-state index contributed by atoms with van der Waals surface area (Å²) >= 11 is 0. The van der Waals surface area contributed by atoms with Gasteiger partial charge in [-0.1, -0.05) is 43.9 Å². The smallest absolute Gasteiger partial charge is 0.189 e. The zero-order valence-corrected chi connectivity index (χ0v) is 13.8. The fraction of sp³-hybridized carbons (Fsp3) is 0.611. The summed E-state index contributed by atoms with van der Waals surface area (Å²) in [6.07, 6.45) is 7.81. The number of rotatable bonds is 5. The number of nitrogens with zero attached hydrogens (tertiary/aromatic N) is 1. The topological polar surface area (TPSA) is 59.6 Å². The van der Waals surface area contributed by atoms with Gasteiger partial charge in [-0.2, -0.15) is 0 Å². The molecule has 2 rings (SSSR count). The lowest BCUT2D eigenvalue weighted by Crippen LogP contribution is -2.39. The third-order valence-electron chi connectivity index (χ3n) is 3.96. The normalized spacial score (nSPS) is 17.3. The maximum atomic E-state index is 6.05. The number of nitrogens with two attached hydrogens (primary N) is 1. The number of nitrogens with one attached hydrogen (secondary N) is 1. The summed E-state index contributed by atoms with van der Waals surface area (Å²) in [4.78, 5) is 4.49. The summed E-state index contributed by atoms with van der Waals surface area (Å²) < 4.78 is 5.81. The molecule has 0 heterocycles. The Morgan fingerprint density at radius 3 is 2.59 bits per heavy atom. The molecule has 22 heavy (non-hydrogen) atoms. The first kappa shape index (κ1) is 16.7. The molecule has 1 aliphatic rings. The van der Waals surface area contributed by atoms with Crippen LogP contribution in [0.2, 0.25) is 0 Å². The SMILES string of the molecule is CC(C)Oc1ccccc1CN=C(N)NC1CCCCCC1. The lowest BCUT2D eigenvalue weighted by Gasteiger charge is -2.17. The third kappa shape index (κ3) is 5.58. The van der Waals surface area contributed by atoms with Crippen LogP contribution in [0.4, 0.5) is 0 Å². The van der Waals surface area contributed by atoms with Crippen molar-refractivity contribution >= 4 is 5.96 Å². The molecule has 0 aliphatic heterocycles. The van der Waals surface area contributed by atoms with E-state index in [2.05, 4.69) is 10.3 Å². The third-order valence-corrected chi connectivity index (χ3v) is 3.96. The van der Waals surface area contributed by atoms with E-state index in [0.29, 0.717) is 18.5 Å². The minimum absolute atomic E-state index is 0.159. The van der Waals surface area contributed by atoms with Crippen LogP contribution < -0.4 is 15.8 Å². The van der Waals surface area contributed by atoms with E-state index in [1.807, 2.05) is 38.1 Å². The molecule has 0 saturated heterocycles. The average molecular weight is 303 g/mol. The van der Waals surface area contributed by atoms with Crippen LogP contribution in [0.25, 0.3) is 0 Å². The molecule has 3 N–H and O–H groups in total. The van der Waals surface area contributed by atoms with Gasteiger partial charge < -0.3 is 15.8 Å². The molecule has 1 fully saturated rings. The van der Waals surface area contributed by atoms with Crippen molar-refractivity contribution in [1.29, 1.82) is 0 Å². The number of aliphatic imine (C=N–C) groups is 1. The molecule has 4 nitrogen and oxygen atoms in total. The van der Waals surface area contributed by atoms with E-state index in [1.165, 1.54) is 38.5 Å². The van der Waals surface area contributed by atoms with Gasteiger partial charge in [0.25, 0.3) is 0 Å². The van der Waals surface area contributed by atoms with Crippen LogP contribution in [-0.4, -0.2) is 18.1 Å². The van der Waals surface area contributed by atoms with Crippen LogP contribution in [-0.2, 0) is 6.54 Å². The van der Waals surface area contributed by atoms with Crippen molar-refractivity contribution in [3.8, 4) is 5.75 Å². The number of ether oxygens (including phenoxy) is 1. The van der Waals surface area contributed by atoms with Crippen LogP contribution >= 0.6 is 0 Å². The standard InChI is InChI=1S/C18H29N3O/c1-14(2)22-17-12-8-7-9-15(17)13-20-18(19)21-16-10-5-3-4-6-11-16/h7-9,12,14,16H,3-6,10-11,13H2,1-2H3,(H3,19,20,21). The highest BCUT2D eigenvalue weighted by Crippen LogP contribution is 2.20. The van der Waals surface area contributed by atoms with Crippen LogP contribution in [0, 0.1) is 0 Å². The Labute approximate surface area is 134 Å². The minimum Gasteiger partial charge on any atom is -0.491 e. The second-order valence-corrected chi connectivity index (χ2v) is 6.31. The van der Waals surface area contributed by atoms with E-state index in [9.17, 15) is 0 Å². The van der Waals surface area contributed by atoms with Crippen molar-refractivity contribution in [2.24, 2.45) is 10.7 Å². The summed E-state index contributed by atoms with van der Waals surface area (Å²) in [5.41, 5.74) is 7.12. The van der Waals surface area contributed by atoms with E-state index < -0.39 is 0 Å². The van der Waals surface area contributed by atoms with E-state index in [-0.39, 0.29) is 6.10 Å². The van der Waals surface area contributed by atoms with E-state index in [0.717, 1.165) is 11.3 Å². The minimum atomic E-state index is 0.159. The monoisotopic (exact) mass is 303 g/mol. The number of guanidine groups is 1. The van der Waals surface area contributed by atoms with E-state index >= 15 is 0 Å². The van der Waals surface area contributed by atoms with Crippen molar-refractivity contribution in [3.63, 3.8) is 0 Å². The van der Waals surface area contributed by atoms with Gasteiger partial charge in [0, 0.05) is 11.6 Å². The quantitative estimate of drug-likeness (QED) is 0.496. The van der Waals surface area contributed by atoms with Crippen LogP contribution in [0.5, 0.6) is 5.75 Å². The van der Waals surface area contributed by atoms with E-state index in [4.69, 9.17) is 10.5 Å². The Kier molecular flexibility index (Phi) is 6.56. The summed E-state index contributed by atoms with van der Waals surface area (Å²) in [6.45, 7) is 4.61. The molecule has 0 amide bonds. The molecular formula is C18H29N3O. The molecule has 1 saturated carbocycles. The van der Waals surface area contributed by atoms with Gasteiger partial charge in [-0.05, 0) is 32.8 Å². The van der Waals surface area contributed by atoms with Gasteiger partial charge in [0.2, 0.25) is 0 Å². The second-order valence-electron chi connectivity index (χ2n) is 6.31. The van der Waals surface area contributed by atoms with Crippen LogP contribution in [0.1, 0.15) is 57.9 Å². The Morgan fingerprint density at radius 1 is 1.23 bits per heavy atom. The zero-order valence-electron chi connectivity index (χ0n) is 13.8. The van der Waals surface area contributed by atoms with Crippen molar-refractivity contribution in [2.75, 3.05) is 0 Å². The van der Waals surface area contributed by atoms with Crippen LogP contribution in [0.3, 0.4) is 0 Å². The molecule has 0 atom stereocenters. The molecule has 1 aromatic rings. The molecule has 0 radical (unpaired) electrons. The van der Waals surface area contributed by atoms with Gasteiger partial charge in [-0.25, -0.2) is 4.99 Å². The maximum absolute atomic E-state index is 6.05. The van der Waals surface area contributed by atoms with Gasteiger partial charge in [-0.15, -0.1) is 0 Å². The zero-order chi connectivity index (χ0) is 15.8. The first-order chi connectivity index (χ1) is 10.6. The van der Waals surface area contributed by atoms with Crippen molar-refractivity contribution in [2.45, 2.75) is 71.1 Å². The van der Waals surface area contributed by atoms with Gasteiger partial charge in [0.05, 0.1) is 12.6 Å². The molecular weight excluding hydrogens is 274 g/mol. The van der Waals surface area contributed by atoms with Gasteiger partial charge in [0.1, 0.15) is 5.75 Å². The Bertz CT molecular complexity index is 477. The van der Waals surface area contributed by atoms with E-state index in [1.54, 1.807) is 0 Å². The molecule has 0 unspecified atom stereocenters. The molecule has 4 heteroatoms. The predicted octanol–water partition coefficient (Wildman–Crippen LogP) is 3.60. The Hall–Kier alpha value is -1.71. The van der Waals surface area contributed by atoms with Crippen molar-refractivity contribution in [1.82, 2.24) is 5.32 Å². The van der Waals surface area contributed by atoms with Gasteiger partial charge >= 0.3 is 0 Å². The summed E-state index contributed by atoms with van der Waals surface area (Å²) in [5.74, 6) is 1.44. The van der Waals surface area contributed by atoms with Crippen LogP contribution in [0.15, 0.2) is 29.3 Å². The lowest BCUT2D eigenvalue weighted by molar-refractivity contribution is 0.240. The lowest BCUT2D eigenvalue weighted by atomic mass is 10.1. The maximum Gasteiger partial charge on any atom is 0.189 e. The van der Waals surface area contributed by atoms with Crippen molar-refractivity contribution in [3.05, 3.63) is 29.8 Å². The molecule has 0 bridgehead atoms. The highest BCUT2D eigenvalue weighted by Gasteiger charge is 2.12. The Balaban J connectivity index is 1.92. The average Bonchev–Trinajstić information content (AvgIpc) is 2.74. The molecule has 122 valence electrons. The predicted molar refractivity (Wildman–Crippen MR) is 92.2 cm³/mol. The first-order valence-corrected chi connectivity index (χ1v) is 8.46. The summed E-state index contributed by atoms with van der Waals surface area (Å²) in [7, 11) is 0. The highest BCUT2D eigenvalue weighted by molar-refractivity contribution is 5.78. The Morgan fingerprint density at radius 2 is 1.91 bits per heavy atom. The first-order valence-electron chi connectivity index (χ1n) is 8.46. The molecule has 0 aromatic heterocycles. The van der Waals surface area contributed by atoms with Gasteiger partial charge in [0.15, 0.2) is 5.96 Å². The number of benzene rings is 1. The summed E-state index contributed by atoms with van der Waals surface area (Å²) in [6, 6.07) is 8.50. The van der Waals surface area contributed by atoms with Crippen molar-refractivity contribution < 1.29 is 4.74 Å². The largest absolute Gasteiger partial charge is 0.491 e. The number of hydrogen-bond acceptors (Lipinski definition) is 2. The molecule has 1 aliphatic carbocycles. The summed E-state index contributed by atoms with van der Waals surface area (Å²) in [5, 5.41) is 3.38. The molecule has 0 spiro atoms. The second kappa shape index (κ2) is 8.66. The highest BCUT2D eigenvalue weighted by atomic mass is 16.5. The van der Waals surface area contributed by atoms with Gasteiger partial charge in [-0.3, -0.25) is 0 Å². The number of para-hydroxylation sites is 1.